The summed E-state index contributed by atoms with van der Waals surface area (Å²) in [4.78, 5) is 12.2. The lowest BCUT2D eigenvalue weighted by atomic mass is 10.0. The summed E-state index contributed by atoms with van der Waals surface area (Å²) >= 11 is 0. The van der Waals surface area contributed by atoms with Crippen LogP contribution in [0.3, 0.4) is 0 Å². The Morgan fingerprint density at radius 3 is 2.50 bits per heavy atom. The SMILES string of the molecule is Cc1ccc(CC(=O)N/N=C\c2cc(C)n(Cc3ccccc3)c2C)c(C)c1. The zero-order valence-electron chi connectivity index (χ0n) is 17.0. The smallest absolute Gasteiger partial charge is 0.244 e. The molecule has 0 spiro atoms. The van der Waals surface area contributed by atoms with Crippen LogP contribution in [0.4, 0.5) is 0 Å². The van der Waals surface area contributed by atoms with Crippen LogP contribution in [0.2, 0.25) is 0 Å². The van der Waals surface area contributed by atoms with E-state index in [1.54, 1.807) is 6.21 Å². The maximum Gasteiger partial charge on any atom is 0.244 e. The lowest BCUT2D eigenvalue weighted by molar-refractivity contribution is -0.120. The predicted molar refractivity (Wildman–Crippen MR) is 115 cm³/mol. The first-order chi connectivity index (χ1) is 13.4. The first-order valence-corrected chi connectivity index (χ1v) is 9.52. The Labute approximate surface area is 166 Å². The lowest BCUT2D eigenvalue weighted by Gasteiger charge is -2.09. The summed E-state index contributed by atoms with van der Waals surface area (Å²) in [7, 11) is 0. The minimum atomic E-state index is -0.110. The number of carbonyl (C=O) groups excluding carboxylic acids is 1. The van der Waals surface area contributed by atoms with E-state index in [1.807, 2.05) is 25.1 Å². The Balaban J connectivity index is 1.64. The Morgan fingerprint density at radius 1 is 1.04 bits per heavy atom. The summed E-state index contributed by atoms with van der Waals surface area (Å²) in [5.74, 6) is -0.110. The van der Waals surface area contributed by atoms with E-state index >= 15 is 0 Å². The molecule has 0 saturated carbocycles. The zero-order chi connectivity index (χ0) is 20.1. The van der Waals surface area contributed by atoms with Crippen molar-refractivity contribution in [2.24, 2.45) is 5.10 Å². The van der Waals surface area contributed by atoms with Gasteiger partial charge in [-0.15, -0.1) is 0 Å². The fourth-order valence-corrected chi connectivity index (χ4v) is 3.40. The zero-order valence-corrected chi connectivity index (χ0v) is 17.0. The van der Waals surface area contributed by atoms with Crippen LogP contribution >= 0.6 is 0 Å². The van der Waals surface area contributed by atoms with Crippen molar-refractivity contribution in [2.45, 2.75) is 40.7 Å². The molecule has 1 heterocycles. The number of nitrogens with one attached hydrogen (secondary N) is 1. The Morgan fingerprint density at radius 2 is 1.79 bits per heavy atom. The van der Waals surface area contributed by atoms with Gasteiger partial charge in [-0.3, -0.25) is 4.79 Å². The van der Waals surface area contributed by atoms with Crippen molar-refractivity contribution in [3.63, 3.8) is 0 Å². The van der Waals surface area contributed by atoms with Crippen LogP contribution in [0.5, 0.6) is 0 Å². The number of aryl methyl sites for hydroxylation is 3. The predicted octanol–water partition coefficient (Wildman–Crippen LogP) is 4.46. The molecule has 0 unspecified atom stereocenters. The van der Waals surface area contributed by atoms with Gasteiger partial charge >= 0.3 is 0 Å². The molecular formula is C24H27N3O. The normalized spacial score (nSPS) is 11.1. The Kier molecular flexibility index (Phi) is 6.09. The molecule has 4 nitrogen and oxygen atoms in total. The van der Waals surface area contributed by atoms with Gasteiger partial charge in [-0.25, -0.2) is 5.43 Å². The Hall–Kier alpha value is -3.14. The number of nitrogens with zero attached hydrogens (tertiary/aromatic N) is 2. The molecule has 1 N–H and O–H groups in total. The Bertz CT molecular complexity index is 1000. The molecule has 28 heavy (non-hydrogen) atoms. The van der Waals surface area contributed by atoms with E-state index in [9.17, 15) is 4.79 Å². The molecule has 0 radical (unpaired) electrons. The van der Waals surface area contributed by atoms with Crippen molar-refractivity contribution in [3.05, 3.63) is 93.8 Å². The largest absolute Gasteiger partial charge is 0.344 e. The third kappa shape index (κ3) is 4.77. The van der Waals surface area contributed by atoms with Crippen LogP contribution in [-0.4, -0.2) is 16.7 Å². The molecule has 1 amide bonds. The van der Waals surface area contributed by atoms with E-state index in [0.717, 1.165) is 28.9 Å². The van der Waals surface area contributed by atoms with Crippen LogP contribution in [0.15, 0.2) is 59.7 Å². The number of amides is 1. The lowest BCUT2D eigenvalue weighted by Crippen LogP contribution is -2.20. The van der Waals surface area contributed by atoms with Crippen molar-refractivity contribution < 1.29 is 4.79 Å². The summed E-state index contributed by atoms with van der Waals surface area (Å²) < 4.78 is 2.26. The molecule has 3 aromatic rings. The highest BCUT2D eigenvalue weighted by atomic mass is 16.2. The molecule has 0 aliphatic rings. The van der Waals surface area contributed by atoms with E-state index in [1.165, 1.54) is 16.8 Å². The summed E-state index contributed by atoms with van der Waals surface area (Å²) in [6.07, 6.45) is 2.06. The minimum absolute atomic E-state index is 0.110. The van der Waals surface area contributed by atoms with Gasteiger partial charge in [0.25, 0.3) is 0 Å². The van der Waals surface area contributed by atoms with Crippen LogP contribution < -0.4 is 5.43 Å². The van der Waals surface area contributed by atoms with E-state index < -0.39 is 0 Å². The second-order valence-corrected chi connectivity index (χ2v) is 7.30. The molecular weight excluding hydrogens is 346 g/mol. The molecule has 3 rings (SSSR count). The molecule has 0 saturated heterocycles. The highest BCUT2D eigenvalue weighted by molar-refractivity contribution is 5.84. The van der Waals surface area contributed by atoms with Gasteiger partial charge in [0.05, 0.1) is 12.6 Å². The van der Waals surface area contributed by atoms with Gasteiger partial charge in [-0.05, 0) is 50.5 Å². The van der Waals surface area contributed by atoms with Gasteiger partial charge in [0.2, 0.25) is 5.91 Å². The maximum atomic E-state index is 12.2. The van der Waals surface area contributed by atoms with E-state index in [4.69, 9.17) is 0 Å². The average Bonchev–Trinajstić information content (AvgIpc) is 2.92. The molecule has 1 aromatic heterocycles. The topological polar surface area (TPSA) is 46.4 Å². The number of hydrogen-bond donors (Lipinski definition) is 1. The molecule has 2 aromatic carbocycles. The first kappa shape index (κ1) is 19.6. The van der Waals surface area contributed by atoms with E-state index in [-0.39, 0.29) is 5.91 Å². The number of carbonyl (C=O) groups is 1. The van der Waals surface area contributed by atoms with Crippen LogP contribution in [0.25, 0.3) is 0 Å². The molecule has 0 fully saturated rings. The van der Waals surface area contributed by atoms with E-state index in [0.29, 0.717) is 6.42 Å². The summed E-state index contributed by atoms with van der Waals surface area (Å²) in [5.41, 5.74) is 10.6. The summed E-state index contributed by atoms with van der Waals surface area (Å²) in [6, 6.07) is 18.6. The molecule has 0 bridgehead atoms. The molecule has 0 aliphatic carbocycles. The highest BCUT2D eigenvalue weighted by Gasteiger charge is 2.09. The van der Waals surface area contributed by atoms with Gasteiger partial charge < -0.3 is 4.57 Å². The van der Waals surface area contributed by atoms with Crippen molar-refractivity contribution >= 4 is 12.1 Å². The monoisotopic (exact) mass is 373 g/mol. The quantitative estimate of drug-likeness (QED) is 0.503. The first-order valence-electron chi connectivity index (χ1n) is 9.52. The average molecular weight is 374 g/mol. The fraction of sp³-hybridized carbons (Fsp3) is 0.250. The second-order valence-electron chi connectivity index (χ2n) is 7.30. The van der Waals surface area contributed by atoms with Crippen molar-refractivity contribution in [3.8, 4) is 0 Å². The van der Waals surface area contributed by atoms with Gasteiger partial charge in [0, 0.05) is 23.5 Å². The van der Waals surface area contributed by atoms with Crippen LogP contribution in [-0.2, 0) is 17.8 Å². The maximum absolute atomic E-state index is 12.2. The van der Waals surface area contributed by atoms with Gasteiger partial charge in [0.1, 0.15) is 0 Å². The minimum Gasteiger partial charge on any atom is -0.344 e. The number of rotatable bonds is 6. The summed E-state index contributed by atoms with van der Waals surface area (Å²) in [5, 5.41) is 4.17. The third-order valence-electron chi connectivity index (χ3n) is 5.04. The molecule has 0 atom stereocenters. The number of benzene rings is 2. The standard InChI is InChI=1S/C24H27N3O/c1-17-10-11-22(18(2)12-17)14-24(28)26-25-15-23-13-19(3)27(20(23)4)16-21-8-6-5-7-9-21/h5-13,15H,14,16H2,1-4H3,(H,26,28)/b25-15-. The van der Waals surface area contributed by atoms with Gasteiger partial charge in [0.15, 0.2) is 0 Å². The van der Waals surface area contributed by atoms with Crippen molar-refractivity contribution in [1.29, 1.82) is 0 Å². The summed E-state index contributed by atoms with van der Waals surface area (Å²) in [6.45, 7) is 9.07. The van der Waals surface area contributed by atoms with E-state index in [2.05, 4.69) is 72.3 Å². The van der Waals surface area contributed by atoms with Crippen molar-refractivity contribution in [1.82, 2.24) is 9.99 Å². The van der Waals surface area contributed by atoms with Crippen LogP contribution in [0.1, 0.15) is 39.2 Å². The number of hydrazone groups is 1. The number of aromatic nitrogens is 1. The van der Waals surface area contributed by atoms with Gasteiger partial charge in [-0.2, -0.15) is 5.10 Å². The molecule has 4 heteroatoms. The van der Waals surface area contributed by atoms with Gasteiger partial charge in [-0.1, -0.05) is 54.1 Å². The molecule has 0 aliphatic heterocycles. The molecule has 144 valence electrons. The third-order valence-corrected chi connectivity index (χ3v) is 5.04. The second kappa shape index (κ2) is 8.70. The van der Waals surface area contributed by atoms with Crippen LogP contribution in [0, 0.1) is 27.7 Å². The fourth-order valence-electron chi connectivity index (χ4n) is 3.40. The number of hydrogen-bond acceptors (Lipinski definition) is 2. The van der Waals surface area contributed by atoms with Crippen molar-refractivity contribution in [2.75, 3.05) is 0 Å². The highest BCUT2D eigenvalue weighted by Crippen LogP contribution is 2.16.